The number of nitrogens with one attached hydrogen (secondary N) is 2. The normalized spacial score (nSPS) is 11.3. The predicted octanol–water partition coefficient (Wildman–Crippen LogP) is 4.42. The molecule has 0 saturated carbocycles. The van der Waals surface area contributed by atoms with Crippen LogP contribution >= 0.6 is 11.3 Å². The maximum atomic E-state index is 13.1. The summed E-state index contributed by atoms with van der Waals surface area (Å²) in [6, 6.07) is 13.9. The van der Waals surface area contributed by atoms with Crippen LogP contribution in [0.15, 0.2) is 72.6 Å². The number of nitrogens with zero attached hydrogens (tertiary/aromatic N) is 1. The Kier molecular flexibility index (Phi) is 6.70. The molecule has 0 aliphatic carbocycles. The minimum atomic E-state index is -1.19. The first-order valence-corrected chi connectivity index (χ1v) is 9.57. The number of hydrogen-bond donors (Lipinski definition) is 2. The average Bonchev–Trinajstić information content (AvgIpc) is 3.21. The molecule has 2 N–H and O–H groups in total. The zero-order chi connectivity index (χ0) is 20.6. The summed E-state index contributed by atoms with van der Waals surface area (Å²) in [4.78, 5) is 29.5. The number of carbonyl (C=O) groups excluding carboxylic acids is 2. The molecule has 3 rings (SSSR count). The van der Waals surface area contributed by atoms with E-state index in [0.29, 0.717) is 22.9 Å². The van der Waals surface area contributed by atoms with Gasteiger partial charge in [0.05, 0.1) is 0 Å². The second-order valence-corrected chi connectivity index (χ2v) is 6.76. The van der Waals surface area contributed by atoms with Crippen LogP contribution in [-0.4, -0.2) is 23.4 Å². The van der Waals surface area contributed by atoms with E-state index in [1.807, 2.05) is 0 Å². The number of ether oxygens (including phenoxy) is 1. The minimum absolute atomic E-state index is 0.0945. The van der Waals surface area contributed by atoms with E-state index < -0.39 is 23.8 Å². The third-order valence-corrected chi connectivity index (χ3v) is 4.59. The first-order chi connectivity index (χ1) is 14.1. The highest BCUT2D eigenvalue weighted by Gasteiger charge is 2.27. The molecule has 148 valence electrons. The van der Waals surface area contributed by atoms with Gasteiger partial charge in [0.25, 0.3) is 5.91 Å². The van der Waals surface area contributed by atoms with Crippen LogP contribution < -0.4 is 10.6 Å². The van der Waals surface area contributed by atoms with Gasteiger partial charge in [0.1, 0.15) is 5.82 Å². The Bertz CT molecular complexity index is 990. The standard InChI is InChI=1S/C21H18FN3O3S/c1-2-12-23-21-25-17(13-29-21)20(27)28-18(14-6-4-3-5-7-14)19(26)24-16-10-8-15(22)9-11-16/h2-11,13,18H,1,12H2,(H,23,25)(H,24,26)/t18-/m0/s1. The van der Waals surface area contributed by atoms with Crippen LogP contribution in [0.5, 0.6) is 0 Å². The zero-order valence-electron chi connectivity index (χ0n) is 15.3. The van der Waals surface area contributed by atoms with E-state index >= 15 is 0 Å². The summed E-state index contributed by atoms with van der Waals surface area (Å²) in [5.41, 5.74) is 0.982. The Labute approximate surface area is 171 Å². The molecule has 0 unspecified atom stereocenters. The van der Waals surface area contributed by atoms with Crippen molar-refractivity contribution in [2.45, 2.75) is 6.10 Å². The maximum absolute atomic E-state index is 13.1. The van der Waals surface area contributed by atoms with Gasteiger partial charge >= 0.3 is 5.97 Å². The molecule has 8 heteroatoms. The monoisotopic (exact) mass is 411 g/mol. The van der Waals surface area contributed by atoms with Crippen molar-refractivity contribution in [3.8, 4) is 0 Å². The largest absolute Gasteiger partial charge is 0.443 e. The summed E-state index contributed by atoms with van der Waals surface area (Å²) in [7, 11) is 0. The molecule has 6 nitrogen and oxygen atoms in total. The van der Waals surface area contributed by atoms with Crippen molar-refractivity contribution in [2.24, 2.45) is 0 Å². The highest BCUT2D eigenvalue weighted by atomic mass is 32.1. The first kappa shape index (κ1) is 20.2. The lowest BCUT2D eigenvalue weighted by atomic mass is 10.1. The average molecular weight is 411 g/mol. The van der Waals surface area contributed by atoms with Gasteiger partial charge in [0.2, 0.25) is 6.10 Å². The van der Waals surface area contributed by atoms with Gasteiger partial charge in [-0.3, -0.25) is 4.79 Å². The topological polar surface area (TPSA) is 80.3 Å². The van der Waals surface area contributed by atoms with Crippen LogP contribution in [0.3, 0.4) is 0 Å². The highest BCUT2D eigenvalue weighted by molar-refractivity contribution is 7.13. The number of halogens is 1. The molecular weight excluding hydrogens is 393 g/mol. The van der Waals surface area contributed by atoms with Crippen molar-refractivity contribution >= 4 is 34.0 Å². The van der Waals surface area contributed by atoms with Gasteiger partial charge in [-0.1, -0.05) is 36.4 Å². The summed E-state index contributed by atoms with van der Waals surface area (Å²) >= 11 is 1.25. The maximum Gasteiger partial charge on any atom is 0.359 e. The third kappa shape index (κ3) is 5.49. The molecule has 0 spiro atoms. The highest BCUT2D eigenvalue weighted by Crippen LogP contribution is 2.23. The summed E-state index contributed by atoms with van der Waals surface area (Å²) in [5.74, 6) is -1.70. The molecule has 1 heterocycles. The molecule has 0 radical (unpaired) electrons. The Morgan fingerprint density at radius 1 is 1.17 bits per heavy atom. The molecule has 0 aliphatic rings. The number of aromatic nitrogens is 1. The van der Waals surface area contributed by atoms with Crippen LogP contribution in [0, 0.1) is 5.82 Å². The van der Waals surface area contributed by atoms with Gasteiger partial charge in [0, 0.05) is 23.2 Å². The third-order valence-electron chi connectivity index (χ3n) is 3.79. The lowest BCUT2D eigenvalue weighted by Gasteiger charge is -2.17. The molecular formula is C21H18FN3O3S. The van der Waals surface area contributed by atoms with E-state index in [1.54, 1.807) is 41.8 Å². The van der Waals surface area contributed by atoms with E-state index in [-0.39, 0.29) is 5.69 Å². The predicted molar refractivity (Wildman–Crippen MR) is 110 cm³/mol. The number of esters is 1. The van der Waals surface area contributed by atoms with Gasteiger partial charge in [0.15, 0.2) is 10.8 Å². The van der Waals surface area contributed by atoms with Crippen LogP contribution in [0.2, 0.25) is 0 Å². The van der Waals surface area contributed by atoms with Gasteiger partial charge in [-0.2, -0.15) is 0 Å². The fourth-order valence-electron chi connectivity index (χ4n) is 2.42. The molecule has 0 aliphatic heterocycles. The number of hydrogen-bond acceptors (Lipinski definition) is 6. The minimum Gasteiger partial charge on any atom is -0.443 e. The molecule has 1 aromatic heterocycles. The molecule has 1 amide bonds. The fraction of sp³-hybridized carbons (Fsp3) is 0.0952. The summed E-state index contributed by atoms with van der Waals surface area (Å²) in [5, 5.41) is 7.71. The van der Waals surface area contributed by atoms with Gasteiger partial charge in [-0.05, 0) is 24.3 Å². The van der Waals surface area contributed by atoms with Crippen molar-refractivity contribution in [1.29, 1.82) is 0 Å². The smallest absolute Gasteiger partial charge is 0.359 e. The Morgan fingerprint density at radius 3 is 2.59 bits per heavy atom. The number of benzene rings is 2. The zero-order valence-corrected chi connectivity index (χ0v) is 16.1. The second kappa shape index (κ2) is 9.61. The van der Waals surface area contributed by atoms with E-state index in [9.17, 15) is 14.0 Å². The summed E-state index contributed by atoms with van der Waals surface area (Å²) < 4.78 is 18.6. The number of rotatable bonds is 8. The molecule has 3 aromatic rings. The summed E-state index contributed by atoms with van der Waals surface area (Å²) in [6.45, 7) is 4.12. The van der Waals surface area contributed by atoms with Crippen LogP contribution in [0.4, 0.5) is 15.2 Å². The van der Waals surface area contributed by atoms with Crippen LogP contribution in [-0.2, 0) is 9.53 Å². The van der Waals surface area contributed by atoms with Crippen molar-refractivity contribution in [3.05, 3.63) is 89.7 Å². The van der Waals surface area contributed by atoms with E-state index in [1.165, 1.54) is 35.6 Å². The van der Waals surface area contributed by atoms with E-state index in [4.69, 9.17) is 4.74 Å². The van der Waals surface area contributed by atoms with E-state index in [2.05, 4.69) is 22.2 Å². The lowest BCUT2D eigenvalue weighted by molar-refractivity contribution is -0.125. The first-order valence-electron chi connectivity index (χ1n) is 8.69. The van der Waals surface area contributed by atoms with Gasteiger partial charge < -0.3 is 15.4 Å². The number of thiazole rings is 1. The lowest BCUT2D eigenvalue weighted by Crippen LogP contribution is -2.26. The van der Waals surface area contributed by atoms with Crippen LogP contribution in [0.1, 0.15) is 22.2 Å². The Morgan fingerprint density at radius 2 is 1.90 bits per heavy atom. The second-order valence-electron chi connectivity index (χ2n) is 5.90. The molecule has 1 atom stereocenters. The molecule has 0 saturated heterocycles. The molecule has 0 bridgehead atoms. The molecule has 0 fully saturated rings. The SMILES string of the molecule is C=CCNc1nc(C(=O)O[C@H](C(=O)Nc2ccc(F)cc2)c2ccccc2)cs1. The van der Waals surface area contributed by atoms with Crippen molar-refractivity contribution < 1.29 is 18.7 Å². The quantitative estimate of drug-likeness (QED) is 0.424. The van der Waals surface area contributed by atoms with Gasteiger partial charge in [-0.25, -0.2) is 14.2 Å². The number of amides is 1. The Hall–Kier alpha value is -3.52. The molecule has 29 heavy (non-hydrogen) atoms. The van der Waals surface area contributed by atoms with Gasteiger partial charge in [-0.15, -0.1) is 17.9 Å². The van der Waals surface area contributed by atoms with Crippen molar-refractivity contribution in [1.82, 2.24) is 4.98 Å². The fourth-order valence-corrected chi connectivity index (χ4v) is 3.11. The van der Waals surface area contributed by atoms with Crippen LogP contribution in [0.25, 0.3) is 0 Å². The van der Waals surface area contributed by atoms with E-state index in [0.717, 1.165) is 0 Å². The van der Waals surface area contributed by atoms with Crippen molar-refractivity contribution in [3.63, 3.8) is 0 Å². The number of anilines is 2. The molecule has 2 aromatic carbocycles. The van der Waals surface area contributed by atoms with Crippen molar-refractivity contribution in [2.75, 3.05) is 17.2 Å². The Balaban J connectivity index is 1.77. The summed E-state index contributed by atoms with van der Waals surface area (Å²) in [6.07, 6.45) is 0.477. The number of carbonyl (C=O) groups is 2.